The average molecular weight is 509 g/mol. The van der Waals surface area contributed by atoms with E-state index in [0.717, 1.165) is 15.7 Å². The fourth-order valence-electron chi connectivity index (χ4n) is 3.52. The first-order chi connectivity index (χ1) is 15.7. The number of para-hydroxylation sites is 2. The molecule has 0 heterocycles. The maximum absolute atomic E-state index is 13.3. The van der Waals surface area contributed by atoms with E-state index in [0.29, 0.717) is 23.5 Å². The molecule has 0 bridgehead atoms. The van der Waals surface area contributed by atoms with Crippen molar-refractivity contribution in [3.8, 4) is 5.75 Å². The van der Waals surface area contributed by atoms with Gasteiger partial charge in [-0.05, 0) is 54.8 Å². The molecule has 1 N–H and O–H groups in total. The first-order valence-corrected chi connectivity index (χ1v) is 11.7. The van der Waals surface area contributed by atoms with E-state index < -0.39 is 0 Å². The van der Waals surface area contributed by atoms with Crippen LogP contribution in [0.2, 0.25) is 0 Å². The van der Waals surface area contributed by atoms with Crippen LogP contribution in [0.5, 0.6) is 5.75 Å². The molecule has 0 saturated heterocycles. The topological polar surface area (TPSA) is 58.6 Å². The summed E-state index contributed by atoms with van der Waals surface area (Å²) in [5.41, 5.74) is 2.55. The second-order valence-electron chi connectivity index (χ2n) is 8.66. The van der Waals surface area contributed by atoms with Gasteiger partial charge < -0.3 is 15.0 Å². The number of nitrogens with one attached hydrogen (secondary N) is 1. The number of ether oxygens (including phenoxy) is 1. The van der Waals surface area contributed by atoms with Gasteiger partial charge in [-0.1, -0.05) is 67.0 Å². The molecule has 3 aromatic rings. The molecule has 0 fully saturated rings. The molecular weight excluding hydrogens is 480 g/mol. The molecule has 3 aromatic carbocycles. The van der Waals surface area contributed by atoms with Crippen molar-refractivity contribution >= 4 is 39.1 Å². The van der Waals surface area contributed by atoms with E-state index >= 15 is 0 Å². The molecule has 0 aliphatic carbocycles. The fourth-order valence-corrected chi connectivity index (χ4v) is 3.88. The number of anilines is 2. The van der Waals surface area contributed by atoms with Crippen molar-refractivity contribution in [1.29, 1.82) is 0 Å². The predicted molar refractivity (Wildman–Crippen MR) is 137 cm³/mol. The van der Waals surface area contributed by atoms with Gasteiger partial charge in [-0.25, -0.2) is 0 Å². The normalized spacial score (nSPS) is 11.1. The highest BCUT2D eigenvalue weighted by atomic mass is 79.9. The number of rotatable bonds is 7. The Bertz CT molecular complexity index is 1120. The van der Waals surface area contributed by atoms with E-state index in [9.17, 15) is 9.59 Å². The van der Waals surface area contributed by atoms with Gasteiger partial charge in [0.2, 0.25) is 0 Å². The third kappa shape index (κ3) is 6.23. The zero-order valence-corrected chi connectivity index (χ0v) is 21.0. The number of carbonyl (C=O) groups excluding carboxylic acids is 2. The van der Waals surface area contributed by atoms with Gasteiger partial charge in [-0.15, -0.1) is 0 Å². The maximum atomic E-state index is 13.3. The standard InChI is InChI=1S/C27H29BrN2O3/c1-5-30(20-11-7-6-8-12-20)26(32)21-13-9-10-14-23(21)29-25(31)18-33-24-16-15-19(28)17-22(24)27(2,3)4/h6-17H,5,18H2,1-4H3,(H,29,31). The first kappa shape index (κ1) is 24.5. The summed E-state index contributed by atoms with van der Waals surface area (Å²) < 4.78 is 6.82. The van der Waals surface area contributed by atoms with Crippen LogP contribution in [-0.4, -0.2) is 25.0 Å². The van der Waals surface area contributed by atoms with Crippen molar-refractivity contribution in [1.82, 2.24) is 0 Å². The van der Waals surface area contributed by atoms with E-state index in [2.05, 4.69) is 42.0 Å². The summed E-state index contributed by atoms with van der Waals surface area (Å²) in [6.45, 7) is 8.54. The predicted octanol–water partition coefficient (Wildman–Crippen LogP) is 6.43. The summed E-state index contributed by atoms with van der Waals surface area (Å²) in [7, 11) is 0. The number of halogens is 1. The third-order valence-corrected chi connectivity index (χ3v) is 5.66. The summed E-state index contributed by atoms with van der Waals surface area (Å²) in [5, 5.41) is 2.84. The smallest absolute Gasteiger partial charge is 0.262 e. The zero-order chi connectivity index (χ0) is 24.0. The molecule has 0 aromatic heterocycles. The zero-order valence-electron chi connectivity index (χ0n) is 19.4. The minimum atomic E-state index is -0.333. The molecule has 3 rings (SSSR count). The number of benzene rings is 3. The molecule has 172 valence electrons. The van der Waals surface area contributed by atoms with E-state index in [1.807, 2.05) is 55.5 Å². The van der Waals surface area contributed by atoms with Crippen LogP contribution in [-0.2, 0) is 10.2 Å². The van der Waals surface area contributed by atoms with Crippen LogP contribution in [0, 0.1) is 0 Å². The van der Waals surface area contributed by atoms with Crippen LogP contribution in [0.3, 0.4) is 0 Å². The van der Waals surface area contributed by atoms with Gasteiger partial charge in [-0.3, -0.25) is 9.59 Å². The van der Waals surface area contributed by atoms with Crippen molar-refractivity contribution in [2.75, 3.05) is 23.4 Å². The van der Waals surface area contributed by atoms with Crippen LogP contribution < -0.4 is 15.0 Å². The SMILES string of the molecule is CCN(C(=O)c1ccccc1NC(=O)COc1ccc(Br)cc1C(C)(C)C)c1ccccc1. The minimum Gasteiger partial charge on any atom is -0.483 e. The Morgan fingerprint density at radius 3 is 2.30 bits per heavy atom. The number of hydrogen-bond acceptors (Lipinski definition) is 3. The summed E-state index contributed by atoms with van der Waals surface area (Å²) in [6, 6.07) is 22.2. The summed E-state index contributed by atoms with van der Waals surface area (Å²) in [6.07, 6.45) is 0. The Morgan fingerprint density at radius 2 is 1.64 bits per heavy atom. The highest BCUT2D eigenvalue weighted by Crippen LogP contribution is 2.33. The first-order valence-electron chi connectivity index (χ1n) is 10.9. The molecule has 5 nitrogen and oxygen atoms in total. The lowest BCUT2D eigenvalue weighted by atomic mass is 9.86. The number of carbonyl (C=O) groups is 2. The van der Waals surface area contributed by atoms with E-state index in [-0.39, 0.29) is 23.8 Å². The molecule has 33 heavy (non-hydrogen) atoms. The van der Waals surface area contributed by atoms with Gasteiger partial charge in [0.1, 0.15) is 5.75 Å². The molecule has 0 radical (unpaired) electrons. The molecule has 0 aliphatic heterocycles. The summed E-state index contributed by atoms with van der Waals surface area (Å²) in [5.74, 6) is 0.149. The van der Waals surface area contributed by atoms with Gasteiger partial charge >= 0.3 is 0 Å². The largest absolute Gasteiger partial charge is 0.483 e. The van der Waals surface area contributed by atoms with Gasteiger partial charge in [0.15, 0.2) is 6.61 Å². The molecule has 6 heteroatoms. The quantitative estimate of drug-likeness (QED) is 0.399. The average Bonchev–Trinajstić information content (AvgIpc) is 2.79. The molecule has 0 aliphatic rings. The second kappa shape index (κ2) is 10.7. The third-order valence-electron chi connectivity index (χ3n) is 5.17. The van der Waals surface area contributed by atoms with Gasteiger partial charge in [0, 0.05) is 22.3 Å². The van der Waals surface area contributed by atoms with Crippen molar-refractivity contribution in [2.45, 2.75) is 33.1 Å². The number of nitrogens with zero attached hydrogens (tertiary/aromatic N) is 1. The lowest BCUT2D eigenvalue weighted by Gasteiger charge is -2.23. The fraction of sp³-hybridized carbons (Fsp3) is 0.259. The second-order valence-corrected chi connectivity index (χ2v) is 9.57. The number of hydrogen-bond donors (Lipinski definition) is 1. The molecule has 0 atom stereocenters. The van der Waals surface area contributed by atoms with Crippen LogP contribution in [0.4, 0.5) is 11.4 Å². The van der Waals surface area contributed by atoms with Gasteiger partial charge in [-0.2, -0.15) is 0 Å². The van der Waals surface area contributed by atoms with Crippen LogP contribution in [0.1, 0.15) is 43.6 Å². The lowest BCUT2D eigenvalue weighted by molar-refractivity contribution is -0.118. The molecule has 0 spiro atoms. The van der Waals surface area contributed by atoms with Crippen LogP contribution in [0.25, 0.3) is 0 Å². The highest BCUT2D eigenvalue weighted by molar-refractivity contribution is 9.10. The van der Waals surface area contributed by atoms with Gasteiger partial charge in [0.25, 0.3) is 11.8 Å². The van der Waals surface area contributed by atoms with Crippen molar-refractivity contribution < 1.29 is 14.3 Å². The maximum Gasteiger partial charge on any atom is 0.262 e. The van der Waals surface area contributed by atoms with Crippen molar-refractivity contribution in [3.63, 3.8) is 0 Å². The van der Waals surface area contributed by atoms with Crippen LogP contribution in [0.15, 0.2) is 77.3 Å². The van der Waals surface area contributed by atoms with Crippen molar-refractivity contribution in [2.24, 2.45) is 0 Å². The minimum absolute atomic E-state index is 0.143. The highest BCUT2D eigenvalue weighted by Gasteiger charge is 2.22. The molecule has 2 amide bonds. The van der Waals surface area contributed by atoms with Crippen molar-refractivity contribution in [3.05, 3.63) is 88.4 Å². The Balaban J connectivity index is 1.75. The Hall–Kier alpha value is -3.12. The Labute approximate surface area is 203 Å². The van der Waals surface area contributed by atoms with Gasteiger partial charge in [0.05, 0.1) is 11.3 Å². The Morgan fingerprint density at radius 1 is 0.970 bits per heavy atom. The molecule has 0 unspecified atom stereocenters. The van der Waals surface area contributed by atoms with E-state index in [1.165, 1.54) is 0 Å². The summed E-state index contributed by atoms with van der Waals surface area (Å²) in [4.78, 5) is 27.7. The van der Waals surface area contributed by atoms with E-state index in [1.54, 1.807) is 29.2 Å². The Kier molecular flexibility index (Phi) is 7.92. The number of amides is 2. The lowest BCUT2D eigenvalue weighted by Crippen LogP contribution is -2.32. The summed E-state index contributed by atoms with van der Waals surface area (Å²) >= 11 is 3.50. The molecule has 0 saturated carbocycles. The van der Waals surface area contributed by atoms with Crippen LogP contribution >= 0.6 is 15.9 Å². The monoisotopic (exact) mass is 508 g/mol. The molecular formula is C27H29BrN2O3. The van der Waals surface area contributed by atoms with E-state index in [4.69, 9.17) is 4.74 Å².